The Labute approximate surface area is 566 Å². The van der Waals surface area contributed by atoms with Crippen molar-refractivity contribution < 1.29 is 46.7 Å². The van der Waals surface area contributed by atoms with E-state index in [4.69, 9.17) is 117 Å². The van der Waals surface area contributed by atoms with Gasteiger partial charge in [-0.05, 0) is 151 Å². The van der Waals surface area contributed by atoms with Gasteiger partial charge in [0.15, 0.2) is 34.4 Å². The molecule has 11 aromatic rings. The van der Waals surface area contributed by atoms with E-state index in [9.17, 15) is 4.79 Å². The Morgan fingerprint density at radius 2 is 1.01 bits per heavy atom. The summed E-state index contributed by atoms with van der Waals surface area (Å²) in [6.07, 6.45) is 5.02. The number of nitrogen functional groups attached to an aromatic ring is 3. The fraction of sp³-hybridized carbons (Fsp3) is 0.222. The van der Waals surface area contributed by atoms with E-state index in [0.717, 1.165) is 48.8 Å². The molecule has 0 atom stereocenters. The van der Waals surface area contributed by atoms with Crippen LogP contribution in [0.1, 0.15) is 62.6 Å². The molecule has 476 valence electrons. The van der Waals surface area contributed by atoms with Crippen molar-refractivity contribution in [3.63, 3.8) is 0 Å². The van der Waals surface area contributed by atoms with Crippen LogP contribution in [0.2, 0.25) is 25.1 Å². The summed E-state index contributed by atoms with van der Waals surface area (Å²) in [7, 11) is 4.20. The lowest BCUT2D eigenvalue weighted by molar-refractivity contribution is -0.340. The van der Waals surface area contributed by atoms with E-state index >= 15 is 0 Å². The molecule has 91 heavy (non-hydrogen) atoms. The number of benzene rings is 5. The number of nitrogens with two attached hydrogens (primary N) is 3. The third-order valence-electron chi connectivity index (χ3n) is 13.8. The molecule has 0 radical (unpaired) electrons. The first kappa shape index (κ1) is 71.3. The Hall–Kier alpha value is -7.10. The number of phenolic OH excluding ortho intramolecular Hbond substituents is 1. The molecule has 1 saturated heterocycles. The average Bonchev–Trinajstić information content (AvgIpc) is 1.73. The van der Waals surface area contributed by atoms with Crippen molar-refractivity contribution >= 4 is 165 Å². The van der Waals surface area contributed by atoms with Gasteiger partial charge in [0.1, 0.15) is 39.8 Å². The van der Waals surface area contributed by atoms with E-state index < -0.39 is 5.97 Å². The number of phenols is 1. The second-order valence-corrected chi connectivity index (χ2v) is 24.5. The first-order chi connectivity index (χ1) is 42.9. The molecule has 0 unspecified atom stereocenters. The number of ether oxygens (including phenoxy) is 3. The molecule has 7 heterocycles. The zero-order valence-corrected chi connectivity index (χ0v) is 57.8. The number of aromatic hydroxyl groups is 1. The van der Waals surface area contributed by atoms with Gasteiger partial charge in [0.05, 0.1) is 47.6 Å². The predicted molar refractivity (Wildman–Crippen MR) is 368 cm³/mol. The smallest absolute Gasteiger partial charge is 0.496 e. The highest BCUT2D eigenvalue weighted by Crippen LogP contribution is 2.38. The Balaban J connectivity index is 0.000000163. The van der Waals surface area contributed by atoms with Crippen molar-refractivity contribution in [2.75, 3.05) is 43.8 Å². The van der Waals surface area contributed by atoms with Crippen LogP contribution in [0.15, 0.2) is 150 Å². The number of nitrogens with one attached hydrogen (secondary N) is 1. The second-order valence-electron chi connectivity index (χ2n) is 20.8. The van der Waals surface area contributed by atoms with E-state index in [1.807, 2.05) is 71.0 Å². The number of nitrogens with zero attached hydrogens (tertiary/aromatic N) is 6. The molecule has 28 heteroatoms. The van der Waals surface area contributed by atoms with E-state index in [1.165, 1.54) is 33.5 Å². The van der Waals surface area contributed by atoms with Crippen molar-refractivity contribution in [3.05, 3.63) is 185 Å². The lowest BCUT2D eigenvalue weighted by Crippen LogP contribution is -2.41. The fourth-order valence-electron chi connectivity index (χ4n) is 7.97. The molecular formula is C63H62BBr2Cl5N10O10. The summed E-state index contributed by atoms with van der Waals surface area (Å²) in [6.45, 7) is 15.2. The molecule has 1 aliphatic rings. The molecule has 0 saturated carbocycles. The van der Waals surface area contributed by atoms with E-state index in [1.54, 1.807) is 100 Å². The van der Waals surface area contributed by atoms with Crippen LogP contribution in [0.4, 0.5) is 23.1 Å². The van der Waals surface area contributed by atoms with Gasteiger partial charge in [-0.3, -0.25) is 4.79 Å². The van der Waals surface area contributed by atoms with Crippen LogP contribution < -0.4 is 28.0 Å². The van der Waals surface area contributed by atoms with Crippen molar-refractivity contribution in [3.8, 4) is 28.0 Å². The summed E-state index contributed by atoms with van der Waals surface area (Å²) in [5, 5.41) is 14.4. The molecule has 1 aliphatic heterocycles. The Bertz CT molecular complexity index is 4200. The van der Waals surface area contributed by atoms with Crippen LogP contribution in [0.3, 0.4) is 0 Å². The Morgan fingerprint density at radius 1 is 0.571 bits per heavy atom. The summed E-state index contributed by atoms with van der Waals surface area (Å²) in [6, 6.07) is 31.4. The minimum Gasteiger partial charge on any atom is -0.506 e. The molecule has 0 spiro atoms. The maximum Gasteiger partial charge on any atom is 0.496 e. The molecule has 1 amide bonds. The molecule has 5 aromatic carbocycles. The van der Waals surface area contributed by atoms with E-state index in [2.05, 4.69) is 67.1 Å². The van der Waals surface area contributed by atoms with Gasteiger partial charge in [0.2, 0.25) is 0 Å². The summed E-state index contributed by atoms with van der Waals surface area (Å²) >= 11 is 36.6. The number of hydrogen-bond acceptors (Lipinski definition) is 19. The van der Waals surface area contributed by atoms with Gasteiger partial charge >= 0.3 is 7.12 Å². The van der Waals surface area contributed by atoms with Gasteiger partial charge in [-0.1, -0.05) is 76.2 Å². The lowest BCUT2D eigenvalue weighted by atomic mass is 9.80. The van der Waals surface area contributed by atoms with Crippen LogP contribution in [0.25, 0.3) is 55.6 Å². The molecule has 1 fully saturated rings. The van der Waals surface area contributed by atoms with Gasteiger partial charge in [0.25, 0.3) is 11.9 Å². The van der Waals surface area contributed by atoms with E-state index in [-0.39, 0.29) is 35.7 Å². The quantitative estimate of drug-likeness (QED) is 0.0409. The molecule has 0 aliphatic carbocycles. The predicted octanol–water partition coefficient (Wildman–Crippen LogP) is 16.7. The highest BCUT2D eigenvalue weighted by molar-refractivity contribution is 9.10. The van der Waals surface area contributed by atoms with Gasteiger partial charge in [-0.25, -0.2) is 29.9 Å². The van der Waals surface area contributed by atoms with Gasteiger partial charge < -0.3 is 64.4 Å². The lowest BCUT2D eigenvalue weighted by Gasteiger charge is -2.32. The largest absolute Gasteiger partial charge is 0.506 e. The molecule has 6 aromatic heterocycles. The van der Waals surface area contributed by atoms with Gasteiger partial charge in [-0.2, -0.15) is 0 Å². The first-order valence-corrected chi connectivity index (χ1v) is 30.7. The SMILES string of the molecule is CC1(C)OB(c2ccc(N)nc2)OC1(C)C.COC(C)(OC)OC.Cc1nc2cc(Cl)c(-c3ccc(N)nc3)cc2o1.Cc1nc2cc(Cl)c(-c3ccc(NC(=O)c4ccccc4Cl)nc3)cc2o1.Cc1nc2cc(Cl)c(Br)cc2o1.Nc1cc(Cl)c(Br)cc1O. The summed E-state index contributed by atoms with van der Waals surface area (Å²) in [4.78, 5) is 37.4. The number of rotatable bonds is 8. The molecule has 0 bridgehead atoms. The number of fused-ring (bicyclic) bond motifs is 3. The average molecular weight is 1470 g/mol. The summed E-state index contributed by atoms with van der Waals surface area (Å²) in [5.41, 5.74) is 25.1. The molecule has 20 nitrogen and oxygen atoms in total. The standard InChI is InChI=1S/C20H13Cl2N3O2.C13H10ClN3O.C11H17BN2O2.C8H5BrClNO.C6H5BrClNO.C5H12O3/c1-11-24-17-9-16(22)14(8-18(17)27-11)12-6-7-19(23-10-12)25-20(26)13-4-2-3-5-15(13)21;1-7-17-11-5-10(14)9(4-12(11)18-7)8-2-3-13(15)16-6-8;1-10(2)11(3,4)16-12(15-10)8-5-6-9(13)14-7-8;1-4-11-7-3-6(10)5(9)2-8(7)12-4;7-3-1-6(10)5(9)2-4(3)8;1-5(6-2,7-3)8-4/h2-10H,1H3,(H,23,25,26);2-6H,1H3,(H2,15,16);5-7H,1-4H3,(H2,13,14);2-3H,1H3;1-2,10H,9H2;1-4H3. The number of oxazole rings is 3. The van der Waals surface area contributed by atoms with Crippen molar-refractivity contribution in [1.82, 2.24) is 29.9 Å². The number of halogens is 7. The zero-order valence-electron chi connectivity index (χ0n) is 50.9. The Kier molecular flexibility index (Phi) is 24.3. The topological polar surface area (TPSA) is 290 Å². The molecule has 12 rings (SSSR count). The zero-order chi connectivity index (χ0) is 66.7. The molecule has 8 N–H and O–H groups in total. The number of aromatic nitrogens is 6. The summed E-state index contributed by atoms with van der Waals surface area (Å²) in [5.74, 6) is 2.08. The van der Waals surface area contributed by atoms with Crippen LogP contribution in [0.5, 0.6) is 5.75 Å². The van der Waals surface area contributed by atoms with Crippen LogP contribution >= 0.6 is 89.9 Å². The fourth-order valence-corrected chi connectivity index (χ4v) is 9.71. The minimum atomic E-state index is -0.875. The van der Waals surface area contributed by atoms with Crippen LogP contribution in [-0.4, -0.2) is 86.5 Å². The van der Waals surface area contributed by atoms with Crippen LogP contribution in [-0.2, 0) is 23.5 Å². The third-order valence-corrected chi connectivity index (χ3v) is 17.1. The number of methoxy groups -OCH3 is 3. The number of anilines is 4. The molecular weight excluding hydrogens is 1400 g/mol. The van der Waals surface area contributed by atoms with E-state index in [0.29, 0.717) is 87.0 Å². The first-order valence-electron chi connectivity index (χ1n) is 27.2. The Morgan fingerprint density at radius 3 is 1.44 bits per heavy atom. The maximum atomic E-state index is 12.3. The van der Waals surface area contributed by atoms with Crippen LogP contribution in [0, 0.1) is 20.8 Å². The third kappa shape index (κ3) is 18.8. The number of hydrogen-bond donors (Lipinski definition) is 5. The van der Waals surface area contributed by atoms with Crippen molar-refractivity contribution in [2.45, 2.75) is 72.6 Å². The van der Waals surface area contributed by atoms with Gasteiger partial charge in [-0.15, -0.1) is 0 Å². The highest BCUT2D eigenvalue weighted by Gasteiger charge is 2.51. The highest BCUT2D eigenvalue weighted by atomic mass is 79.9. The van der Waals surface area contributed by atoms with Crippen molar-refractivity contribution in [1.29, 1.82) is 0 Å². The summed E-state index contributed by atoms with van der Waals surface area (Å²) < 4.78 is 44.0. The number of pyridine rings is 3. The number of carbonyl (C=O) groups is 1. The second kappa shape index (κ2) is 31.0. The minimum absolute atomic E-state index is 0.0382. The monoisotopic (exact) mass is 1460 g/mol. The maximum absolute atomic E-state index is 12.3. The normalized spacial score (nSPS) is 12.9. The van der Waals surface area contributed by atoms with Crippen molar-refractivity contribution in [2.24, 2.45) is 0 Å². The number of carbonyl (C=O) groups excluding carboxylic acids is 1. The number of aryl methyl sites for hydroxylation is 3. The van der Waals surface area contributed by atoms with Gasteiger partial charge in [0, 0.05) is 104 Å². The number of amides is 1.